The molecule has 0 saturated heterocycles. The van der Waals surface area contributed by atoms with Crippen molar-refractivity contribution in [2.75, 3.05) is 34.0 Å². The molecule has 1 heterocycles. The lowest BCUT2D eigenvalue weighted by Crippen LogP contribution is -2.29. The van der Waals surface area contributed by atoms with Gasteiger partial charge in [-0.3, -0.25) is 4.79 Å². The van der Waals surface area contributed by atoms with E-state index in [0.29, 0.717) is 43.1 Å². The van der Waals surface area contributed by atoms with E-state index in [2.05, 4.69) is 12.2 Å². The fourth-order valence-corrected chi connectivity index (χ4v) is 3.76. The van der Waals surface area contributed by atoms with Gasteiger partial charge < -0.3 is 28.7 Å². The average Bonchev–Trinajstić information content (AvgIpc) is 2.94. The molecule has 39 heavy (non-hydrogen) atoms. The number of hydrogen-bond donors (Lipinski definition) is 1. The number of fused-ring (bicyclic) bond motifs is 1. The summed E-state index contributed by atoms with van der Waals surface area (Å²) in [6.07, 6.45) is 7.97. The number of ether oxygens (including phenoxy) is 4. The Morgan fingerprint density at radius 1 is 0.949 bits per heavy atom. The summed E-state index contributed by atoms with van der Waals surface area (Å²) in [6, 6.07) is 11.5. The molecule has 3 aromatic rings. The van der Waals surface area contributed by atoms with E-state index in [4.69, 9.17) is 23.4 Å². The van der Waals surface area contributed by atoms with Gasteiger partial charge in [0.25, 0.3) is 5.91 Å². The van der Waals surface area contributed by atoms with Crippen LogP contribution in [-0.4, -0.2) is 45.9 Å². The number of rotatable bonds is 15. The summed E-state index contributed by atoms with van der Waals surface area (Å²) in [4.78, 5) is 37.1. The van der Waals surface area contributed by atoms with Gasteiger partial charge in [0.15, 0.2) is 11.5 Å². The Morgan fingerprint density at radius 2 is 1.79 bits per heavy atom. The van der Waals surface area contributed by atoms with E-state index >= 15 is 0 Å². The zero-order valence-electron chi connectivity index (χ0n) is 22.6. The lowest BCUT2D eigenvalue weighted by Gasteiger charge is -2.11. The Hall–Kier alpha value is -4.11. The molecule has 9 nitrogen and oxygen atoms in total. The van der Waals surface area contributed by atoms with Crippen LogP contribution in [0.2, 0.25) is 0 Å². The van der Waals surface area contributed by atoms with Gasteiger partial charge in [-0.1, -0.05) is 32.3 Å². The average molecular weight is 538 g/mol. The lowest BCUT2D eigenvalue weighted by molar-refractivity contribution is -0.128. The third kappa shape index (κ3) is 9.00. The molecule has 0 fully saturated rings. The maximum absolute atomic E-state index is 12.4. The van der Waals surface area contributed by atoms with Crippen molar-refractivity contribution in [1.29, 1.82) is 0 Å². The van der Waals surface area contributed by atoms with Crippen molar-refractivity contribution in [3.63, 3.8) is 0 Å². The SMILES string of the molecule is CCCCCCOc1ccc(/C=C/C(=O)Oc2ccc3cc(C(=O)NCCCOC)c(=O)oc3c2)cc1OC. The summed E-state index contributed by atoms with van der Waals surface area (Å²) >= 11 is 0. The number of unbranched alkanes of at least 4 members (excludes halogenated alkanes) is 3. The molecule has 0 saturated carbocycles. The highest BCUT2D eigenvalue weighted by Crippen LogP contribution is 2.29. The number of amides is 1. The van der Waals surface area contributed by atoms with Gasteiger partial charge >= 0.3 is 11.6 Å². The molecule has 0 aliphatic rings. The second kappa shape index (κ2) is 15.3. The Bertz CT molecular complexity index is 1340. The monoisotopic (exact) mass is 537 g/mol. The molecule has 0 spiro atoms. The summed E-state index contributed by atoms with van der Waals surface area (Å²) in [7, 11) is 3.14. The van der Waals surface area contributed by atoms with Crippen molar-refractivity contribution in [2.24, 2.45) is 0 Å². The number of carbonyl (C=O) groups is 2. The van der Waals surface area contributed by atoms with Gasteiger partial charge in [-0.2, -0.15) is 0 Å². The Labute approximate surface area is 227 Å². The highest BCUT2D eigenvalue weighted by molar-refractivity contribution is 5.97. The minimum absolute atomic E-state index is 0.101. The molecule has 208 valence electrons. The van der Waals surface area contributed by atoms with E-state index in [-0.39, 0.29) is 16.9 Å². The molecule has 0 bridgehead atoms. The van der Waals surface area contributed by atoms with Crippen LogP contribution in [0.5, 0.6) is 17.2 Å². The van der Waals surface area contributed by atoms with Gasteiger partial charge in [0.2, 0.25) is 0 Å². The number of methoxy groups -OCH3 is 2. The van der Waals surface area contributed by atoms with Crippen LogP contribution in [0.4, 0.5) is 0 Å². The number of esters is 1. The Morgan fingerprint density at radius 3 is 2.56 bits per heavy atom. The highest BCUT2D eigenvalue weighted by Gasteiger charge is 2.14. The largest absolute Gasteiger partial charge is 0.493 e. The standard InChI is InChI=1S/C30H35NO8/c1-4-5-6-7-17-37-25-13-9-21(18-27(25)36-3)10-14-28(32)38-23-12-11-22-19-24(30(34)39-26(22)20-23)29(33)31-15-8-16-35-2/h9-14,18-20H,4-8,15-17H2,1-3H3,(H,31,33)/b14-10+. The van der Waals surface area contributed by atoms with E-state index < -0.39 is 17.5 Å². The fraction of sp³-hybridized carbons (Fsp3) is 0.367. The van der Waals surface area contributed by atoms with E-state index in [1.165, 1.54) is 31.1 Å². The summed E-state index contributed by atoms with van der Waals surface area (Å²) in [6.45, 7) is 3.65. The third-order valence-corrected chi connectivity index (χ3v) is 5.84. The maximum Gasteiger partial charge on any atom is 0.349 e. The van der Waals surface area contributed by atoms with Crippen LogP contribution in [-0.2, 0) is 9.53 Å². The van der Waals surface area contributed by atoms with Crippen LogP contribution in [0.25, 0.3) is 17.0 Å². The Balaban J connectivity index is 1.61. The van der Waals surface area contributed by atoms with E-state index in [9.17, 15) is 14.4 Å². The first-order chi connectivity index (χ1) is 18.9. The normalized spacial score (nSPS) is 11.1. The van der Waals surface area contributed by atoms with E-state index in [1.807, 2.05) is 12.1 Å². The molecule has 0 aliphatic carbocycles. The van der Waals surface area contributed by atoms with Crippen LogP contribution >= 0.6 is 0 Å². The molecule has 1 N–H and O–H groups in total. The lowest BCUT2D eigenvalue weighted by atomic mass is 10.1. The van der Waals surface area contributed by atoms with Crippen molar-refractivity contribution in [1.82, 2.24) is 5.32 Å². The molecule has 2 aromatic carbocycles. The van der Waals surface area contributed by atoms with Crippen LogP contribution in [0.1, 0.15) is 54.9 Å². The molecule has 3 rings (SSSR count). The highest BCUT2D eigenvalue weighted by atomic mass is 16.5. The number of carbonyl (C=O) groups excluding carboxylic acids is 2. The van der Waals surface area contributed by atoms with Crippen molar-refractivity contribution in [2.45, 2.75) is 39.0 Å². The first kappa shape index (κ1) is 29.4. The molecule has 9 heteroatoms. The smallest absolute Gasteiger partial charge is 0.349 e. The molecular formula is C30H35NO8. The predicted molar refractivity (Wildman–Crippen MR) is 149 cm³/mol. The summed E-state index contributed by atoms with van der Waals surface area (Å²) in [5.74, 6) is 0.290. The second-order valence-electron chi connectivity index (χ2n) is 8.82. The Kier molecular flexibility index (Phi) is 11.6. The van der Waals surface area contributed by atoms with Gasteiger partial charge in [-0.15, -0.1) is 0 Å². The molecule has 0 aliphatic heterocycles. The summed E-state index contributed by atoms with van der Waals surface area (Å²) < 4.78 is 26.9. The topological polar surface area (TPSA) is 113 Å². The zero-order valence-corrected chi connectivity index (χ0v) is 22.6. The maximum atomic E-state index is 12.4. The second-order valence-corrected chi connectivity index (χ2v) is 8.82. The predicted octanol–water partition coefficient (Wildman–Crippen LogP) is 5.15. The number of hydrogen-bond acceptors (Lipinski definition) is 8. The molecule has 0 unspecified atom stereocenters. The van der Waals surface area contributed by atoms with Gasteiger partial charge in [0, 0.05) is 37.8 Å². The van der Waals surface area contributed by atoms with E-state index in [0.717, 1.165) is 18.4 Å². The quantitative estimate of drug-likeness (QED) is 0.0932. The minimum atomic E-state index is -0.780. The van der Waals surface area contributed by atoms with Gasteiger partial charge in [-0.05, 0) is 54.8 Å². The number of nitrogens with one attached hydrogen (secondary N) is 1. The van der Waals surface area contributed by atoms with Crippen LogP contribution < -0.4 is 25.2 Å². The molecule has 1 amide bonds. The van der Waals surface area contributed by atoms with Crippen LogP contribution in [0, 0.1) is 0 Å². The molecule has 1 aromatic heterocycles. The van der Waals surface area contributed by atoms with Crippen LogP contribution in [0.3, 0.4) is 0 Å². The minimum Gasteiger partial charge on any atom is -0.493 e. The third-order valence-electron chi connectivity index (χ3n) is 5.84. The fourth-order valence-electron chi connectivity index (χ4n) is 3.76. The van der Waals surface area contributed by atoms with Crippen LogP contribution in [0.15, 0.2) is 57.8 Å². The summed E-state index contributed by atoms with van der Waals surface area (Å²) in [5, 5.41) is 3.18. The number of benzene rings is 2. The van der Waals surface area contributed by atoms with Gasteiger partial charge in [-0.25, -0.2) is 9.59 Å². The van der Waals surface area contributed by atoms with Crippen molar-refractivity contribution < 1.29 is 33.0 Å². The first-order valence-corrected chi connectivity index (χ1v) is 13.0. The summed E-state index contributed by atoms with van der Waals surface area (Å²) in [5.41, 5.74) is 0.0493. The molecular weight excluding hydrogens is 502 g/mol. The molecule has 0 radical (unpaired) electrons. The van der Waals surface area contributed by atoms with Crippen molar-refractivity contribution >= 4 is 28.9 Å². The van der Waals surface area contributed by atoms with Crippen molar-refractivity contribution in [3.05, 3.63) is 70.1 Å². The van der Waals surface area contributed by atoms with E-state index in [1.54, 1.807) is 38.5 Å². The van der Waals surface area contributed by atoms with Crippen molar-refractivity contribution in [3.8, 4) is 17.2 Å². The van der Waals surface area contributed by atoms with Gasteiger partial charge in [0.05, 0.1) is 13.7 Å². The molecule has 0 atom stereocenters. The zero-order chi connectivity index (χ0) is 28.0. The first-order valence-electron chi connectivity index (χ1n) is 13.0. The van der Waals surface area contributed by atoms with Gasteiger partial charge in [0.1, 0.15) is 16.9 Å².